The topological polar surface area (TPSA) is 29.9 Å². The van der Waals surface area contributed by atoms with Gasteiger partial charge in [0.2, 0.25) is 0 Å². The third kappa shape index (κ3) is 4.31. The van der Waals surface area contributed by atoms with Crippen molar-refractivity contribution >= 4 is 5.69 Å². The van der Waals surface area contributed by atoms with Crippen LogP contribution >= 0.6 is 0 Å². The van der Waals surface area contributed by atoms with Gasteiger partial charge in [-0.1, -0.05) is 31.9 Å². The van der Waals surface area contributed by atoms with Crippen molar-refractivity contribution < 1.29 is 4.39 Å². The van der Waals surface area contributed by atoms with Gasteiger partial charge in [-0.3, -0.25) is 4.68 Å². The number of benzene rings is 1. The highest BCUT2D eigenvalue weighted by atomic mass is 19.1. The van der Waals surface area contributed by atoms with Crippen LogP contribution in [0.3, 0.4) is 0 Å². The molecule has 1 unspecified atom stereocenters. The molecule has 114 valence electrons. The zero-order valence-corrected chi connectivity index (χ0v) is 13.0. The Hall–Kier alpha value is -1.84. The van der Waals surface area contributed by atoms with E-state index in [4.69, 9.17) is 0 Å². The molecule has 1 heterocycles. The summed E-state index contributed by atoms with van der Waals surface area (Å²) < 4.78 is 15.0. The molecule has 2 rings (SSSR count). The fraction of sp³-hybridized carbons (Fsp3) is 0.471. The lowest BCUT2D eigenvalue weighted by atomic mass is 10.0. The molecule has 0 amide bonds. The number of aromatic nitrogens is 2. The Bertz CT molecular complexity index is 545. The smallest absolute Gasteiger partial charge is 0.123 e. The predicted octanol–water partition coefficient (Wildman–Crippen LogP) is 4.95. The van der Waals surface area contributed by atoms with Crippen LogP contribution in [0.5, 0.6) is 0 Å². The first kappa shape index (κ1) is 15.5. The zero-order chi connectivity index (χ0) is 15.2. The summed E-state index contributed by atoms with van der Waals surface area (Å²) >= 11 is 0. The number of nitrogens with zero attached hydrogens (tertiary/aromatic N) is 2. The number of hydrogen-bond donors (Lipinski definition) is 1. The molecule has 0 aliphatic carbocycles. The fourth-order valence-electron chi connectivity index (χ4n) is 2.32. The summed E-state index contributed by atoms with van der Waals surface area (Å²) in [4.78, 5) is 0. The molecule has 1 aromatic heterocycles. The Labute approximate surface area is 126 Å². The van der Waals surface area contributed by atoms with E-state index in [0.717, 1.165) is 30.5 Å². The van der Waals surface area contributed by atoms with Crippen LogP contribution in [-0.4, -0.2) is 9.78 Å². The average Bonchev–Trinajstić information content (AvgIpc) is 2.93. The van der Waals surface area contributed by atoms with Crippen LogP contribution in [-0.2, 0) is 0 Å². The standard InChI is InChI=1S/C17H24FN3/c1-4-5-6-17(14-7-9-15(18)10-8-14)20-16-11-19-21(12-16)13(2)3/h7-13,17,20H,4-6H2,1-3H3. The highest BCUT2D eigenvalue weighted by molar-refractivity contribution is 5.42. The molecule has 21 heavy (non-hydrogen) atoms. The normalized spacial score (nSPS) is 12.6. The Balaban J connectivity index is 2.13. The summed E-state index contributed by atoms with van der Waals surface area (Å²) in [5, 5.41) is 7.87. The second-order valence-electron chi connectivity index (χ2n) is 5.69. The molecule has 0 radical (unpaired) electrons. The van der Waals surface area contributed by atoms with Crippen molar-refractivity contribution in [3.05, 3.63) is 48.0 Å². The second kappa shape index (κ2) is 7.25. The monoisotopic (exact) mass is 289 g/mol. The maximum Gasteiger partial charge on any atom is 0.123 e. The molecule has 0 saturated heterocycles. The summed E-state index contributed by atoms with van der Waals surface area (Å²) in [5.74, 6) is -0.194. The maximum atomic E-state index is 13.1. The van der Waals surface area contributed by atoms with Gasteiger partial charge in [-0.2, -0.15) is 5.10 Å². The highest BCUT2D eigenvalue weighted by Gasteiger charge is 2.12. The summed E-state index contributed by atoms with van der Waals surface area (Å²) in [6.45, 7) is 6.38. The number of nitrogens with one attached hydrogen (secondary N) is 1. The molecule has 3 nitrogen and oxygen atoms in total. The van der Waals surface area contributed by atoms with Crippen LogP contribution in [0.2, 0.25) is 0 Å². The minimum Gasteiger partial charge on any atom is -0.376 e. The van der Waals surface area contributed by atoms with Crippen molar-refractivity contribution in [3.63, 3.8) is 0 Å². The molecule has 1 atom stereocenters. The van der Waals surface area contributed by atoms with Gasteiger partial charge in [0.25, 0.3) is 0 Å². The lowest BCUT2D eigenvalue weighted by Gasteiger charge is -2.19. The van der Waals surface area contributed by atoms with Crippen LogP contribution in [0.4, 0.5) is 10.1 Å². The van der Waals surface area contributed by atoms with Gasteiger partial charge in [0.1, 0.15) is 5.82 Å². The van der Waals surface area contributed by atoms with E-state index in [0.29, 0.717) is 6.04 Å². The van der Waals surface area contributed by atoms with E-state index in [2.05, 4.69) is 31.2 Å². The van der Waals surface area contributed by atoms with Crippen molar-refractivity contribution in [2.75, 3.05) is 5.32 Å². The molecule has 0 bridgehead atoms. The van der Waals surface area contributed by atoms with Crippen LogP contribution in [0.15, 0.2) is 36.7 Å². The lowest BCUT2D eigenvalue weighted by molar-refractivity contribution is 0.532. The first-order valence-corrected chi connectivity index (χ1v) is 7.66. The van der Waals surface area contributed by atoms with Crippen molar-refractivity contribution in [1.82, 2.24) is 9.78 Å². The van der Waals surface area contributed by atoms with E-state index >= 15 is 0 Å². The van der Waals surface area contributed by atoms with E-state index in [1.54, 1.807) is 0 Å². The Kier molecular flexibility index (Phi) is 5.37. The van der Waals surface area contributed by atoms with Gasteiger partial charge in [0, 0.05) is 12.2 Å². The molecule has 0 aliphatic heterocycles. The number of hydrogen-bond acceptors (Lipinski definition) is 2. The second-order valence-corrected chi connectivity index (χ2v) is 5.69. The molecule has 4 heteroatoms. The lowest BCUT2D eigenvalue weighted by Crippen LogP contribution is -2.10. The number of anilines is 1. The molecule has 0 saturated carbocycles. The number of rotatable bonds is 7. The van der Waals surface area contributed by atoms with Crippen LogP contribution in [0.1, 0.15) is 57.7 Å². The van der Waals surface area contributed by atoms with Crippen LogP contribution in [0, 0.1) is 5.82 Å². The van der Waals surface area contributed by atoms with Crippen molar-refractivity contribution in [3.8, 4) is 0 Å². The largest absolute Gasteiger partial charge is 0.376 e. The Morgan fingerprint density at radius 1 is 1.24 bits per heavy atom. The fourth-order valence-corrected chi connectivity index (χ4v) is 2.32. The molecule has 0 aliphatic rings. The predicted molar refractivity (Wildman–Crippen MR) is 84.9 cm³/mol. The molecule has 1 N–H and O–H groups in total. The molecule has 0 spiro atoms. The molecular weight excluding hydrogens is 265 g/mol. The SMILES string of the molecule is CCCCC(Nc1cnn(C(C)C)c1)c1ccc(F)cc1. The molecular formula is C17H24FN3. The first-order chi connectivity index (χ1) is 10.1. The minimum atomic E-state index is -0.194. The number of halogens is 1. The van der Waals surface area contributed by atoms with E-state index < -0.39 is 0 Å². The summed E-state index contributed by atoms with van der Waals surface area (Å²) in [7, 11) is 0. The van der Waals surface area contributed by atoms with E-state index in [-0.39, 0.29) is 11.9 Å². The van der Waals surface area contributed by atoms with Crippen molar-refractivity contribution in [2.45, 2.75) is 52.1 Å². The van der Waals surface area contributed by atoms with E-state index in [1.165, 1.54) is 12.1 Å². The molecule has 2 aromatic rings. The summed E-state index contributed by atoms with van der Waals surface area (Å²) in [5.41, 5.74) is 2.12. The summed E-state index contributed by atoms with van der Waals surface area (Å²) in [6, 6.07) is 7.29. The van der Waals surface area contributed by atoms with Crippen LogP contribution in [0.25, 0.3) is 0 Å². The van der Waals surface area contributed by atoms with Gasteiger partial charge in [0.15, 0.2) is 0 Å². The quantitative estimate of drug-likeness (QED) is 0.782. The van der Waals surface area contributed by atoms with Gasteiger partial charge < -0.3 is 5.32 Å². The average molecular weight is 289 g/mol. The van der Waals surface area contributed by atoms with Gasteiger partial charge >= 0.3 is 0 Å². The molecule has 1 aromatic carbocycles. The van der Waals surface area contributed by atoms with Gasteiger partial charge in [-0.15, -0.1) is 0 Å². The minimum absolute atomic E-state index is 0.190. The molecule has 0 fully saturated rings. The number of unbranched alkanes of at least 4 members (excludes halogenated alkanes) is 1. The van der Waals surface area contributed by atoms with Gasteiger partial charge in [-0.05, 0) is 38.0 Å². The Morgan fingerprint density at radius 2 is 1.95 bits per heavy atom. The first-order valence-electron chi connectivity index (χ1n) is 7.66. The highest BCUT2D eigenvalue weighted by Crippen LogP contribution is 2.25. The van der Waals surface area contributed by atoms with Gasteiger partial charge in [-0.25, -0.2) is 4.39 Å². The third-order valence-corrected chi connectivity index (χ3v) is 3.59. The van der Waals surface area contributed by atoms with E-state index in [1.807, 2.05) is 29.2 Å². The maximum absolute atomic E-state index is 13.1. The Morgan fingerprint density at radius 3 is 2.52 bits per heavy atom. The van der Waals surface area contributed by atoms with Crippen molar-refractivity contribution in [1.29, 1.82) is 0 Å². The van der Waals surface area contributed by atoms with E-state index in [9.17, 15) is 4.39 Å². The van der Waals surface area contributed by atoms with Crippen molar-refractivity contribution in [2.24, 2.45) is 0 Å². The zero-order valence-electron chi connectivity index (χ0n) is 13.0. The van der Waals surface area contributed by atoms with Gasteiger partial charge in [0.05, 0.1) is 17.9 Å². The third-order valence-electron chi connectivity index (χ3n) is 3.59. The van der Waals surface area contributed by atoms with Crippen LogP contribution < -0.4 is 5.32 Å². The summed E-state index contributed by atoms with van der Waals surface area (Å²) in [6.07, 6.45) is 7.17.